The van der Waals surface area contributed by atoms with Crippen LogP contribution in [0.1, 0.15) is 29.7 Å². The van der Waals surface area contributed by atoms with E-state index in [1.54, 1.807) is 19.1 Å². The van der Waals surface area contributed by atoms with Crippen molar-refractivity contribution >= 4 is 23.2 Å². The van der Waals surface area contributed by atoms with Crippen LogP contribution in [0.4, 0.5) is 4.39 Å². The van der Waals surface area contributed by atoms with Crippen molar-refractivity contribution in [3.05, 3.63) is 62.9 Å². The number of hydrogen-bond acceptors (Lipinski definition) is 2. The molecule has 2 aromatic rings. The molecule has 1 unspecified atom stereocenters. The molecular weight excluding hydrogens is 314 g/mol. The lowest BCUT2D eigenvalue weighted by atomic mass is 9.99. The summed E-state index contributed by atoms with van der Waals surface area (Å²) in [6.07, 6.45) is -1.19. The average Bonchev–Trinajstić information content (AvgIpc) is 2.45. The van der Waals surface area contributed by atoms with Gasteiger partial charge in [0.15, 0.2) is 0 Å². The number of aryl methyl sites for hydroxylation is 1. The molecule has 0 spiro atoms. The molecule has 0 aliphatic heterocycles. The second-order valence-corrected chi connectivity index (χ2v) is 5.43. The van der Waals surface area contributed by atoms with Gasteiger partial charge in [-0.25, -0.2) is 4.39 Å². The largest absolute Gasteiger partial charge is 0.492 e. The molecule has 112 valence electrons. The third-order valence-corrected chi connectivity index (χ3v) is 3.78. The highest BCUT2D eigenvalue weighted by Gasteiger charge is 2.20. The van der Waals surface area contributed by atoms with Crippen molar-refractivity contribution < 1.29 is 14.2 Å². The highest BCUT2D eigenvalue weighted by Crippen LogP contribution is 2.37. The molecule has 2 nitrogen and oxygen atoms in total. The van der Waals surface area contributed by atoms with Gasteiger partial charge in [0.1, 0.15) is 17.7 Å². The van der Waals surface area contributed by atoms with Crippen molar-refractivity contribution in [1.82, 2.24) is 0 Å². The third-order valence-electron chi connectivity index (χ3n) is 3.16. The normalized spacial score (nSPS) is 12.3. The van der Waals surface area contributed by atoms with Crippen LogP contribution in [-0.4, -0.2) is 11.7 Å². The van der Waals surface area contributed by atoms with E-state index in [2.05, 4.69) is 0 Å². The predicted molar refractivity (Wildman–Crippen MR) is 82.8 cm³/mol. The molecule has 21 heavy (non-hydrogen) atoms. The summed E-state index contributed by atoms with van der Waals surface area (Å²) in [7, 11) is 0. The Morgan fingerprint density at radius 2 is 1.90 bits per heavy atom. The minimum atomic E-state index is -1.19. The van der Waals surface area contributed by atoms with Gasteiger partial charge in [0.2, 0.25) is 0 Å². The summed E-state index contributed by atoms with van der Waals surface area (Å²) in [6.45, 7) is 3.91. The van der Waals surface area contributed by atoms with Gasteiger partial charge in [0, 0.05) is 17.2 Å². The van der Waals surface area contributed by atoms with Crippen LogP contribution in [-0.2, 0) is 0 Å². The van der Waals surface area contributed by atoms with E-state index >= 15 is 0 Å². The first-order chi connectivity index (χ1) is 9.95. The highest BCUT2D eigenvalue weighted by atomic mass is 35.5. The van der Waals surface area contributed by atoms with Crippen LogP contribution in [0.2, 0.25) is 10.0 Å². The number of aliphatic hydroxyl groups is 1. The first kappa shape index (κ1) is 16.1. The Hall–Kier alpha value is -1.29. The predicted octanol–water partition coefficient (Wildman–Crippen LogP) is 4.92. The molecular formula is C16H15Cl2FO2. The fourth-order valence-corrected chi connectivity index (χ4v) is 2.55. The second kappa shape index (κ2) is 6.65. The Bertz CT molecular complexity index is 659. The standard InChI is InChI=1S/C16H15Cl2FO2/c1-3-21-14-8-12(17)11(7-13(14)18)16(20)10-6-4-5-9(2)15(10)19/h4-8,16,20H,3H2,1-2H3. The molecule has 1 atom stereocenters. The van der Waals surface area contributed by atoms with Crippen molar-refractivity contribution in [1.29, 1.82) is 0 Å². The molecule has 1 N–H and O–H groups in total. The van der Waals surface area contributed by atoms with Crippen molar-refractivity contribution in [3.8, 4) is 5.75 Å². The smallest absolute Gasteiger partial charge is 0.139 e. The van der Waals surface area contributed by atoms with Gasteiger partial charge in [-0.1, -0.05) is 41.4 Å². The van der Waals surface area contributed by atoms with Crippen molar-refractivity contribution in [2.75, 3.05) is 6.61 Å². The monoisotopic (exact) mass is 328 g/mol. The van der Waals surface area contributed by atoms with Crippen LogP contribution in [0.3, 0.4) is 0 Å². The molecule has 0 bridgehead atoms. The lowest BCUT2D eigenvalue weighted by Gasteiger charge is -2.17. The van der Waals surface area contributed by atoms with E-state index in [1.165, 1.54) is 18.2 Å². The lowest BCUT2D eigenvalue weighted by molar-refractivity contribution is 0.214. The summed E-state index contributed by atoms with van der Waals surface area (Å²) in [4.78, 5) is 0. The molecule has 2 aromatic carbocycles. The molecule has 0 radical (unpaired) electrons. The lowest BCUT2D eigenvalue weighted by Crippen LogP contribution is -2.05. The number of hydrogen-bond donors (Lipinski definition) is 1. The molecule has 0 saturated heterocycles. The van der Waals surface area contributed by atoms with Crippen LogP contribution in [0.25, 0.3) is 0 Å². The Morgan fingerprint density at radius 3 is 2.57 bits per heavy atom. The summed E-state index contributed by atoms with van der Waals surface area (Å²) in [5.41, 5.74) is 0.964. The number of halogens is 3. The van der Waals surface area contributed by atoms with Crippen LogP contribution in [0.15, 0.2) is 30.3 Å². The molecule has 0 heterocycles. The average molecular weight is 329 g/mol. The molecule has 2 rings (SSSR count). The van der Waals surface area contributed by atoms with Crippen LogP contribution in [0.5, 0.6) is 5.75 Å². The molecule has 0 aliphatic carbocycles. The second-order valence-electron chi connectivity index (χ2n) is 4.62. The number of benzene rings is 2. The summed E-state index contributed by atoms with van der Waals surface area (Å²) in [5.74, 6) is -0.0177. The van der Waals surface area contributed by atoms with E-state index in [-0.39, 0.29) is 10.6 Å². The van der Waals surface area contributed by atoms with Crippen LogP contribution >= 0.6 is 23.2 Å². The zero-order valence-corrected chi connectivity index (χ0v) is 13.2. The molecule has 5 heteroatoms. The Labute approximate surface area is 133 Å². The molecule has 0 saturated carbocycles. The van der Waals surface area contributed by atoms with E-state index in [1.807, 2.05) is 6.92 Å². The first-order valence-electron chi connectivity index (χ1n) is 6.50. The summed E-state index contributed by atoms with van der Waals surface area (Å²) in [5, 5.41) is 11.0. The van der Waals surface area contributed by atoms with Gasteiger partial charge in [0.25, 0.3) is 0 Å². The fraction of sp³-hybridized carbons (Fsp3) is 0.250. The maximum Gasteiger partial charge on any atom is 0.139 e. The molecule has 0 fully saturated rings. The zero-order chi connectivity index (χ0) is 15.6. The van der Waals surface area contributed by atoms with E-state index in [0.717, 1.165) is 0 Å². The van der Waals surface area contributed by atoms with Crippen molar-refractivity contribution in [2.45, 2.75) is 20.0 Å². The van der Waals surface area contributed by atoms with Gasteiger partial charge >= 0.3 is 0 Å². The number of ether oxygens (including phenoxy) is 1. The van der Waals surface area contributed by atoms with Crippen molar-refractivity contribution in [3.63, 3.8) is 0 Å². The van der Waals surface area contributed by atoms with Gasteiger partial charge in [-0.05, 0) is 25.5 Å². The molecule has 0 aliphatic rings. The molecule has 0 aromatic heterocycles. The minimum absolute atomic E-state index is 0.164. The van der Waals surface area contributed by atoms with E-state index in [0.29, 0.717) is 28.5 Å². The van der Waals surface area contributed by atoms with E-state index in [9.17, 15) is 9.50 Å². The van der Waals surface area contributed by atoms with Gasteiger partial charge in [-0.15, -0.1) is 0 Å². The maximum atomic E-state index is 14.1. The number of rotatable bonds is 4. The van der Waals surface area contributed by atoms with Crippen molar-refractivity contribution in [2.24, 2.45) is 0 Å². The fourth-order valence-electron chi connectivity index (χ4n) is 2.07. The number of aliphatic hydroxyl groups excluding tert-OH is 1. The third kappa shape index (κ3) is 3.31. The summed E-state index contributed by atoms with van der Waals surface area (Å²) < 4.78 is 19.4. The van der Waals surface area contributed by atoms with Crippen LogP contribution in [0, 0.1) is 12.7 Å². The SMILES string of the molecule is CCOc1cc(Cl)c(C(O)c2cccc(C)c2F)cc1Cl. The summed E-state index contributed by atoms with van der Waals surface area (Å²) >= 11 is 12.2. The van der Waals surface area contributed by atoms with Gasteiger partial charge in [-0.3, -0.25) is 0 Å². The van der Waals surface area contributed by atoms with E-state index < -0.39 is 11.9 Å². The first-order valence-corrected chi connectivity index (χ1v) is 7.26. The van der Waals surface area contributed by atoms with E-state index in [4.69, 9.17) is 27.9 Å². The Balaban J connectivity index is 2.46. The van der Waals surface area contributed by atoms with Gasteiger partial charge in [-0.2, -0.15) is 0 Å². The highest BCUT2D eigenvalue weighted by molar-refractivity contribution is 6.34. The van der Waals surface area contributed by atoms with Crippen LogP contribution < -0.4 is 4.74 Å². The quantitative estimate of drug-likeness (QED) is 0.863. The summed E-state index contributed by atoms with van der Waals surface area (Å²) in [6, 6.07) is 7.87. The van der Waals surface area contributed by atoms with Gasteiger partial charge < -0.3 is 9.84 Å². The Kier molecular flexibility index (Phi) is 5.09. The Morgan fingerprint density at radius 1 is 1.19 bits per heavy atom. The maximum absolute atomic E-state index is 14.1. The zero-order valence-electron chi connectivity index (χ0n) is 11.7. The molecule has 0 amide bonds. The minimum Gasteiger partial charge on any atom is -0.492 e. The van der Waals surface area contributed by atoms with Gasteiger partial charge in [0.05, 0.1) is 16.7 Å². The topological polar surface area (TPSA) is 29.5 Å².